The van der Waals surface area contributed by atoms with Crippen LogP contribution in [0.3, 0.4) is 0 Å². The maximum absolute atomic E-state index is 6.15. The SMILES string of the molecule is Cc1ccc(Oc2nc(NN)nc3[nH]ncc23)c(Cl)c1. The van der Waals surface area contributed by atoms with E-state index in [0.717, 1.165) is 5.56 Å². The van der Waals surface area contributed by atoms with Crippen molar-refractivity contribution >= 4 is 28.6 Å². The van der Waals surface area contributed by atoms with Crippen molar-refractivity contribution in [3.05, 3.63) is 35.0 Å². The van der Waals surface area contributed by atoms with Gasteiger partial charge in [-0.05, 0) is 24.6 Å². The minimum atomic E-state index is 0.222. The summed E-state index contributed by atoms with van der Waals surface area (Å²) in [6.07, 6.45) is 1.58. The van der Waals surface area contributed by atoms with Crippen LogP contribution in [0.15, 0.2) is 24.4 Å². The van der Waals surface area contributed by atoms with Gasteiger partial charge in [0.15, 0.2) is 5.65 Å². The predicted molar refractivity (Wildman–Crippen MR) is 75.8 cm³/mol. The number of aryl methyl sites for hydroxylation is 1. The standard InChI is InChI=1S/C12H11ClN6O/c1-6-2-3-9(8(13)4-6)20-11-7-5-15-19-10(7)16-12(17-11)18-14/h2-5H,14H2,1H3,(H2,15,16,17,18,19). The molecule has 4 N–H and O–H groups in total. The Bertz CT molecular complexity index is 772. The average molecular weight is 291 g/mol. The van der Waals surface area contributed by atoms with E-state index in [1.165, 1.54) is 0 Å². The maximum Gasteiger partial charge on any atom is 0.242 e. The van der Waals surface area contributed by atoms with Crippen molar-refractivity contribution in [3.8, 4) is 11.6 Å². The molecule has 0 amide bonds. The average Bonchev–Trinajstić information content (AvgIpc) is 2.90. The van der Waals surface area contributed by atoms with Crippen LogP contribution >= 0.6 is 11.6 Å². The first-order valence-electron chi connectivity index (χ1n) is 5.79. The summed E-state index contributed by atoms with van der Waals surface area (Å²) in [7, 11) is 0. The molecule has 0 spiro atoms. The zero-order chi connectivity index (χ0) is 14.1. The van der Waals surface area contributed by atoms with E-state index in [0.29, 0.717) is 27.7 Å². The third kappa shape index (κ3) is 2.24. The molecule has 0 saturated carbocycles. The van der Waals surface area contributed by atoms with Crippen molar-refractivity contribution in [2.45, 2.75) is 6.92 Å². The van der Waals surface area contributed by atoms with Gasteiger partial charge in [-0.3, -0.25) is 10.5 Å². The highest BCUT2D eigenvalue weighted by Crippen LogP contribution is 2.32. The fraction of sp³-hybridized carbons (Fsp3) is 0.0833. The topological polar surface area (TPSA) is 102 Å². The molecule has 0 fully saturated rings. The van der Waals surface area contributed by atoms with Crippen LogP contribution in [-0.4, -0.2) is 20.2 Å². The van der Waals surface area contributed by atoms with Gasteiger partial charge in [0.25, 0.3) is 0 Å². The summed E-state index contributed by atoms with van der Waals surface area (Å²) in [6.45, 7) is 1.95. The number of hydrazine groups is 1. The second-order valence-corrected chi connectivity index (χ2v) is 4.57. The van der Waals surface area contributed by atoms with E-state index in [1.54, 1.807) is 12.3 Å². The normalized spacial score (nSPS) is 10.8. The minimum Gasteiger partial charge on any atom is -0.436 e. The first-order valence-corrected chi connectivity index (χ1v) is 6.17. The van der Waals surface area contributed by atoms with Gasteiger partial charge in [0.05, 0.1) is 11.2 Å². The zero-order valence-corrected chi connectivity index (χ0v) is 11.3. The number of ether oxygens (including phenoxy) is 1. The number of hydrogen-bond donors (Lipinski definition) is 3. The van der Waals surface area contributed by atoms with Crippen molar-refractivity contribution in [3.63, 3.8) is 0 Å². The van der Waals surface area contributed by atoms with Gasteiger partial charge in [0.2, 0.25) is 11.8 Å². The van der Waals surface area contributed by atoms with Gasteiger partial charge in [-0.2, -0.15) is 15.1 Å². The molecule has 0 unspecified atom stereocenters. The molecule has 0 bridgehead atoms. The van der Waals surface area contributed by atoms with Crippen molar-refractivity contribution < 1.29 is 4.74 Å². The summed E-state index contributed by atoms with van der Waals surface area (Å²) in [5.74, 6) is 6.38. The predicted octanol–water partition coefficient (Wildman–Crippen LogP) is 2.39. The van der Waals surface area contributed by atoms with E-state index in [2.05, 4.69) is 25.6 Å². The monoisotopic (exact) mass is 290 g/mol. The van der Waals surface area contributed by atoms with Crippen LogP contribution in [0.4, 0.5) is 5.95 Å². The van der Waals surface area contributed by atoms with Crippen LogP contribution in [0.1, 0.15) is 5.56 Å². The highest BCUT2D eigenvalue weighted by atomic mass is 35.5. The second-order valence-electron chi connectivity index (χ2n) is 4.16. The highest BCUT2D eigenvalue weighted by Gasteiger charge is 2.12. The molecule has 0 aliphatic rings. The summed E-state index contributed by atoms with van der Waals surface area (Å²) in [5, 5.41) is 7.78. The number of nitrogens with zero attached hydrogens (tertiary/aromatic N) is 3. The Morgan fingerprint density at radius 2 is 2.20 bits per heavy atom. The van der Waals surface area contributed by atoms with Crippen LogP contribution < -0.4 is 16.0 Å². The van der Waals surface area contributed by atoms with E-state index < -0.39 is 0 Å². The Morgan fingerprint density at radius 3 is 2.95 bits per heavy atom. The fourth-order valence-electron chi connectivity index (χ4n) is 1.74. The van der Waals surface area contributed by atoms with E-state index in [-0.39, 0.29) is 5.95 Å². The van der Waals surface area contributed by atoms with E-state index in [4.69, 9.17) is 22.2 Å². The number of aromatic nitrogens is 4. The number of fused-ring (bicyclic) bond motifs is 1. The largest absolute Gasteiger partial charge is 0.436 e. The molecule has 0 radical (unpaired) electrons. The summed E-state index contributed by atoms with van der Waals surface area (Å²) in [5.41, 5.74) is 3.94. The number of rotatable bonds is 3. The minimum absolute atomic E-state index is 0.222. The Labute approximate surface area is 119 Å². The molecular weight excluding hydrogens is 280 g/mol. The van der Waals surface area contributed by atoms with Crippen molar-refractivity contribution in [2.75, 3.05) is 5.43 Å². The third-order valence-electron chi connectivity index (χ3n) is 2.70. The van der Waals surface area contributed by atoms with Crippen molar-refractivity contribution in [1.29, 1.82) is 0 Å². The first-order chi connectivity index (χ1) is 9.67. The van der Waals surface area contributed by atoms with Gasteiger partial charge in [0, 0.05) is 0 Å². The first kappa shape index (κ1) is 12.6. The van der Waals surface area contributed by atoms with Crippen molar-refractivity contribution in [1.82, 2.24) is 20.2 Å². The van der Waals surface area contributed by atoms with Gasteiger partial charge >= 0.3 is 0 Å². The summed E-state index contributed by atoms with van der Waals surface area (Å²) < 4.78 is 5.74. The molecule has 2 aromatic heterocycles. The second kappa shape index (κ2) is 4.95. The molecule has 102 valence electrons. The molecule has 0 aliphatic heterocycles. The molecule has 0 aliphatic carbocycles. The molecule has 0 saturated heterocycles. The van der Waals surface area contributed by atoms with Gasteiger partial charge in [-0.15, -0.1) is 0 Å². The molecule has 8 heteroatoms. The Balaban J connectivity index is 2.07. The van der Waals surface area contributed by atoms with E-state index >= 15 is 0 Å². The molecule has 7 nitrogen and oxygen atoms in total. The molecule has 2 heterocycles. The number of nitrogens with one attached hydrogen (secondary N) is 2. The van der Waals surface area contributed by atoms with Crippen LogP contribution in [0.2, 0.25) is 5.02 Å². The smallest absolute Gasteiger partial charge is 0.242 e. The quantitative estimate of drug-likeness (QED) is 0.506. The number of anilines is 1. The summed E-state index contributed by atoms with van der Waals surface area (Å²) >= 11 is 6.15. The van der Waals surface area contributed by atoms with Crippen molar-refractivity contribution in [2.24, 2.45) is 5.84 Å². The summed E-state index contributed by atoms with van der Waals surface area (Å²) in [6, 6.07) is 5.49. The lowest BCUT2D eigenvalue weighted by Gasteiger charge is -2.09. The summed E-state index contributed by atoms with van der Waals surface area (Å²) in [4.78, 5) is 8.28. The number of H-pyrrole nitrogens is 1. The maximum atomic E-state index is 6.15. The van der Waals surface area contributed by atoms with Crippen LogP contribution in [-0.2, 0) is 0 Å². The lowest BCUT2D eigenvalue weighted by Crippen LogP contribution is -2.10. The fourth-order valence-corrected chi connectivity index (χ4v) is 2.02. The number of nitrogen functional groups attached to an aromatic ring is 1. The number of halogens is 1. The molecule has 0 atom stereocenters. The number of nitrogens with two attached hydrogens (primary N) is 1. The Morgan fingerprint density at radius 1 is 1.35 bits per heavy atom. The van der Waals surface area contributed by atoms with E-state index in [1.807, 2.05) is 19.1 Å². The Kier molecular flexibility index (Phi) is 3.13. The molecule has 20 heavy (non-hydrogen) atoms. The number of hydrogen-bond acceptors (Lipinski definition) is 6. The highest BCUT2D eigenvalue weighted by molar-refractivity contribution is 6.32. The zero-order valence-electron chi connectivity index (χ0n) is 10.5. The third-order valence-corrected chi connectivity index (χ3v) is 2.99. The van der Waals surface area contributed by atoms with Gasteiger partial charge in [-0.25, -0.2) is 5.84 Å². The van der Waals surface area contributed by atoms with Crippen LogP contribution in [0.25, 0.3) is 11.0 Å². The Hall–Kier alpha value is -2.38. The number of aromatic amines is 1. The van der Waals surface area contributed by atoms with E-state index in [9.17, 15) is 0 Å². The van der Waals surface area contributed by atoms with Crippen LogP contribution in [0, 0.1) is 6.92 Å². The lowest BCUT2D eigenvalue weighted by atomic mass is 10.2. The lowest BCUT2D eigenvalue weighted by molar-refractivity contribution is 0.469. The molecule has 1 aromatic carbocycles. The molecule has 3 aromatic rings. The van der Waals surface area contributed by atoms with Crippen LogP contribution in [0.5, 0.6) is 11.6 Å². The number of benzene rings is 1. The molecular formula is C12H11ClN6O. The van der Waals surface area contributed by atoms with Gasteiger partial charge < -0.3 is 4.74 Å². The molecule has 3 rings (SSSR count). The van der Waals surface area contributed by atoms with Gasteiger partial charge in [-0.1, -0.05) is 17.7 Å². The van der Waals surface area contributed by atoms with Gasteiger partial charge in [0.1, 0.15) is 11.1 Å².